The Hall–Kier alpha value is -2.32. The van der Waals surface area contributed by atoms with Crippen LogP contribution in [-0.2, 0) is 6.18 Å². The Morgan fingerprint density at radius 1 is 1.20 bits per heavy atom. The number of hydrogen-bond donors (Lipinski definition) is 0. The lowest BCUT2D eigenvalue weighted by Crippen LogP contribution is -2.39. The van der Waals surface area contributed by atoms with Crippen LogP contribution in [0.25, 0.3) is 0 Å². The van der Waals surface area contributed by atoms with Gasteiger partial charge in [-0.3, -0.25) is 9.48 Å². The molecule has 0 spiro atoms. The summed E-state index contributed by atoms with van der Waals surface area (Å²) in [6, 6.07) is 0.779. The fourth-order valence-corrected chi connectivity index (χ4v) is 3.22. The number of oxazole rings is 1. The van der Waals surface area contributed by atoms with E-state index in [1.807, 2.05) is 0 Å². The van der Waals surface area contributed by atoms with Crippen LogP contribution in [0.1, 0.15) is 59.7 Å². The molecule has 2 aliphatic rings. The molecule has 0 atom stereocenters. The average Bonchev–Trinajstić information content (AvgIpc) is 3.12. The first-order valence-electron chi connectivity index (χ1n) is 8.29. The summed E-state index contributed by atoms with van der Waals surface area (Å²) in [5, 5.41) is 3.63. The molecular formula is C16H17F3N4O2. The molecule has 3 heterocycles. The Balaban J connectivity index is 1.51. The number of carbonyl (C=O) groups excluding carboxylic acids is 1. The first-order chi connectivity index (χ1) is 11.9. The lowest BCUT2D eigenvalue weighted by atomic mass is 9.96. The van der Waals surface area contributed by atoms with E-state index >= 15 is 0 Å². The summed E-state index contributed by atoms with van der Waals surface area (Å²) in [5.41, 5.74) is -0.971. The number of halogens is 3. The van der Waals surface area contributed by atoms with Crippen molar-refractivity contribution in [2.45, 2.75) is 43.8 Å². The van der Waals surface area contributed by atoms with Crippen molar-refractivity contribution in [1.29, 1.82) is 0 Å². The molecule has 4 rings (SSSR count). The van der Waals surface area contributed by atoms with Gasteiger partial charge >= 0.3 is 6.18 Å². The first kappa shape index (κ1) is 16.2. The Kier molecular flexibility index (Phi) is 3.81. The Bertz CT molecular complexity index is 757. The summed E-state index contributed by atoms with van der Waals surface area (Å²) in [5.74, 6) is 0.397. The molecule has 1 amide bonds. The normalized spacial score (nSPS) is 19.4. The van der Waals surface area contributed by atoms with Crippen molar-refractivity contribution in [2.24, 2.45) is 0 Å². The van der Waals surface area contributed by atoms with E-state index in [2.05, 4.69) is 10.1 Å². The largest absolute Gasteiger partial charge is 0.449 e. The molecule has 0 aromatic carbocycles. The zero-order valence-corrected chi connectivity index (χ0v) is 13.4. The first-order valence-corrected chi connectivity index (χ1v) is 8.29. The van der Waals surface area contributed by atoms with Gasteiger partial charge in [-0.05, 0) is 25.7 Å². The van der Waals surface area contributed by atoms with Crippen molar-refractivity contribution < 1.29 is 22.4 Å². The van der Waals surface area contributed by atoms with E-state index in [1.165, 1.54) is 10.9 Å². The average molecular weight is 354 g/mol. The van der Waals surface area contributed by atoms with Gasteiger partial charge in [0.15, 0.2) is 11.6 Å². The summed E-state index contributed by atoms with van der Waals surface area (Å²) < 4.78 is 45.4. The minimum Gasteiger partial charge on any atom is -0.449 e. The number of carbonyl (C=O) groups is 1. The zero-order chi connectivity index (χ0) is 17.6. The number of piperidine rings is 1. The molecule has 6 nitrogen and oxygen atoms in total. The Labute approximate surface area is 141 Å². The van der Waals surface area contributed by atoms with Crippen LogP contribution in [0.3, 0.4) is 0 Å². The molecule has 134 valence electrons. The predicted octanol–water partition coefficient (Wildman–Crippen LogP) is 3.24. The molecule has 1 saturated heterocycles. The number of likely N-dealkylation sites (tertiary alicyclic amines) is 1. The van der Waals surface area contributed by atoms with Crippen molar-refractivity contribution in [1.82, 2.24) is 19.7 Å². The van der Waals surface area contributed by atoms with Crippen molar-refractivity contribution in [3.8, 4) is 0 Å². The van der Waals surface area contributed by atoms with E-state index in [0.717, 1.165) is 18.9 Å². The van der Waals surface area contributed by atoms with Crippen molar-refractivity contribution in [3.63, 3.8) is 0 Å². The van der Waals surface area contributed by atoms with Crippen molar-refractivity contribution in [3.05, 3.63) is 35.8 Å². The highest BCUT2D eigenvalue weighted by molar-refractivity contribution is 5.93. The van der Waals surface area contributed by atoms with Crippen LogP contribution in [0.15, 0.2) is 22.9 Å². The standard InChI is InChI=1S/C16H17F3N4O2/c17-16(18,19)13-9-12(23(21-13)11-1-2-11)15(24)22-6-3-10(4-7-22)14-20-5-8-25-14/h5,8-11H,1-4,6-7H2. The van der Waals surface area contributed by atoms with E-state index in [9.17, 15) is 18.0 Å². The molecule has 9 heteroatoms. The van der Waals surface area contributed by atoms with Crippen LogP contribution in [0.5, 0.6) is 0 Å². The highest BCUT2D eigenvalue weighted by Gasteiger charge is 2.39. The third-order valence-electron chi connectivity index (χ3n) is 4.72. The molecule has 1 saturated carbocycles. The summed E-state index contributed by atoms with van der Waals surface area (Å²) in [6.07, 6.45) is 1.41. The molecule has 0 bridgehead atoms. The zero-order valence-electron chi connectivity index (χ0n) is 13.4. The van der Waals surface area contributed by atoms with Crippen molar-refractivity contribution >= 4 is 5.91 Å². The number of amides is 1. The van der Waals surface area contributed by atoms with Gasteiger partial charge in [0.25, 0.3) is 5.91 Å². The molecule has 1 aliphatic heterocycles. The van der Waals surface area contributed by atoms with Gasteiger partial charge in [0.05, 0.1) is 12.2 Å². The molecule has 2 fully saturated rings. The Morgan fingerprint density at radius 3 is 2.48 bits per heavy atom. The van der Waals surface area contributed by atoms with E-state index in [0.29, 0.717) is 31.8 Å². The number of alkyl halides is 3. The van der Waals surface area contributed by atoms with Gasteiger partial charge in [0.2, 0.25) is 0 Å². The molecule has 2 aromatic rings. The maximum atomic E-state index is 13.0. The van der Waals surface area contributed by atoms with E-state index in [-0.39, 0.29) is 23.6 Å². The van der Waals surface area contributed by atoms with Gasteiger partial charge in [-0.2, -0.15) is 18.3 Å². The SMILES string of the molecule is O=C(c1cc(C(F)(F)F)nn1C1CC1)N1CCC(c2ncco2)CC1. The van der Waals surface area contributed by atoms with Gasteiger partial charge in [-0.15, -0.1) is 0 Å². The fourth-order valence-electron chi connectivity index (χ4n) is 3.22. The van der Waals surface area contributed by atoms with Crippen LogP contribution >= 0.6 is 0 Å². The van der Waals surface area contributed by atoms with Gasteiger partial charge in [0, 0.05) is 25.1 Å². The number of rotatable bonds is 3. The van der Waals surface area contributed by atoms with Crippen LogP contribution < -0.4 is 0 Å². The van der Waals surface area contributed by atoms with Gasteiger partial charge in [0.1, 0.15) is 12.0 Å². The molecular weight excluding hydrogens is 337 g/mol. The summed E-state index contributed by atoms with van der Waals surface area (Å²) >= 11 is 0. The highest BCUT2D eigenvalue weighted by Crippen LogP contribution is 2.38. The smallest absolute Gasteiger partial charge is 0.435 e. The second kappa shape index (κ2) is 5.89. The molecule has 25 heavy (non-hydrogen) atoms. The molecule has 0 radical (unpaired) electrons. The number of nitrogens with zero attached hydrogens (tertiary/aromatic N) is 4. The van der Waals surface area contributed by atoms with Gasteiger partial charge < -0.3 is 9.32 Å². The summed E-state index contributed by atoms with van der Waals surface area (Å²) in [4.78, 5) is 18.5. The minimum absolute atomic E-state index is 0.0319. The second-order valence-corrected chi connectivity index (χ2v) is 6.53. The molecule has 0 N–H and O–H groups in total. The molecule has 1 aliphatic carbocycles. The van der Waals surface area contributed by atoms with Crippen LogP contribution in [0.2, 0.25) is 0 Å². The number of hydrogen-bond acceptors (Lipinski definition) is 4. The van der Waals surface area contributed by atoms with Crippen LogP contribution in [-0.4, -0.2) is 38.7 Å². The lowest BCUT2D eigenvalue weighted by molar-refractivity contribution is -0.141. The number of aromatic nitrogens is 3. The lowest BCUT2D eigenvalue weighted by Gasteiger charge is -2.30. The Morgan fingerprint density at radius 2 is 1.92 bits per heavy atom. The third-order valence-corrected chi connectivity index (χ3v) is 4.72. The summed E-state index contributed by atoms with van der Waals surface area (Å²) in [6.45, 7) is 0.923. The quantitative estimate of drug-likeness (QED) is 0.849. The monoisotopic (exact) mass is 354 g/mol. The summed E-state index contributed by atoms with van der Waals surface area (Å²) in [7, 11) is 0. The molecule has 2 aromatic heterocycles. The third kappa shape index (κ3) is 3.14. The van der Waals surface area contributed by atoms with Crippen molar-refractivity contribution in [2.75, 3.05) is 13.1 Å². The van der Waals surface area contributed by atoms with Crippen LogP contribution in [0, 0.1) is 0 Å². The fraction of sp³-hybridized carbons (Fsp3) is 0.562. The van der Waals surface area contributed by atoms with E-state index < -0.39 is 11.9 Å². The van der Waals surface area contributed by atoms with E-state index in [4.69, 9.17) is 4.42 Å². The van der Waals surface area contributed by atoms with Gasteiger partial charge in [-0.25, -0.2) is 4.98 Å². The van der Waals surface area contributed by atoms with Crippen LogP contribution in [0.4, 0.5) is 13.2 Å². The maximum Gasteiger partial charge on any atom is 0.435 e. The van der Waals surface area contributed by atoms with Gasteiger partial charge in [-0.1, -0.05) is 0 Å². The van der Waals surface area contributed by atoms with E-state index in [1.54, 1.807) is 11.1 Å². The minimum atomic E-state index is -4.55. The second-order valence-electron chi connectivity index (χ2n) is 6.53. The topological polar surface area (TPSA) is 64.2 Å². The molecule has 0 unspecified atom stereocenters. The highest BCUT2D eigenvalue weighted by atomic mass is 19.4. The predicted molar refractivity (Wildman–Crippen MR) is 79.9 cm³/mol. The maximum absolute atomic E-state index is 13.0.